The van der Waals surface area contributed by atoms with Gasteiger partial charge in [-0.25, -0.2) is 4.79 Å². The van der Waals surface area contributed by atoms with Gasteiger partial charge in [-0.15, -0.1) is 0 Å². The zero-order chi connectivity index (χ0) is 14.4. The maximum atomic E-state index is 11.0. The van der Waals surface area contributed by atoms with Crippen LogP contribution in [0.3, 0.4) is 0 Å². The molecule has 0 saturated heterocycles. The highest BCUT2D eigenvalue weighted by Crippen LogP contribution is 2.20. The van der Waals surface area contributed by atoms with E-state index in [1.165, 1.54) is 17.2 Å². The molecular weight excluding hydrogens is 248 g/mol. The number of benzene rings is 2. The molecule has 0 bridgehead atoms. The van der Waals surface area contributed by atoms with Crippen LogP contribution in [0.4, 0.5) is 0 Å². The van der Waals surface area contributed by atoms with Crippen LogP contribution in [-0.2, 0) is 11.2 Å². The van der Waals surface area contributed by atoms with Crippen molar-refractivity contribution in [3.8, 4) is 0 Å². The lowest BCUT2D eigenvalue weighted by atomic mass is 9.97. The summed E-state index contributed by atoms with van der Waals surface area (Å²) in [6, 6.07) is 18.0. The fourth-order valence-electron chi connectivity index (χ4n) is 2.13. The van der Waals surface area contributed by atoms with Crippen LogP contribution in [0, 0.1) is 6.92 Å². The van der Waals surface area contributed by atoms with Gasteiger partial charge in [0.05, 0.1) is 0 Å². The number of aryl methyl sites for hydroxylation is 2. The number of carboxylic acids is 1. The molecular formula is C18H18O2. The number of hydrogen-bond acceptors (Lipinski definition) is 1. The van der Waals surface area contributed by atoms with E-state index in [-0.39, 0.29) is 0 Å². The SMILES string of the molecule is Cc1ccc(CC/C(=C/C(=O)O)c2ccccc2)cc1. The third-order valence-corrected chi connectivity index (χ3v) is 3.25. The van der Waals surface area contributed by atoms with Crippen molar-refractivity contribution in [3.05, 3.63) is 77.4 Å². The van der Waals surface area contributed by atoms with E-state index in [0.717, 1.165) is 24.0 Å². The fourth-order valence-corrected chi connectivity index (χ4v) is 2.13. The van der Waals surface area contributed by atoms with Gasteiger partial charge >= 0.3 is 5.97 Å². The minimum atomic E-state index is -0.896. The van der Waals surface area contributed by atoms with E-state index in [0.29, 0.717) is 0 Å². The quantitative estimate of drug-likeness (QED) is 0.827. The Bertz CT molecular complexity index is 595. The Hall–Kier alpha value is -2.35. The first-order valence-electron chi connectivity index (χ1n) is 6.69. The summed E-state index contributed by atoms with van der Waals surface area (Å²) in [4.78, 5) is 11.0. The molecule has 0 heterocycles. The average Bonchev–Trinajstić information content (AvgIpc) is 2.46. The summed E-state index contributed by atoms with van der Waals surface area (Å²) < 4.78 is 0. The van der Waals surface area contributed by atoms with E-state index in [1.54, 1.807) is 0 Å². The first-order valence-corrected chi connectivity index (χ1v) is 6.69. The van der Waals surface area contributed by atoms with E-state index in [2.05, 4.69) is 31.2 Å². The minimum absolute atomic E-state index is 0.722. The summed E-state index contributed by atoms with van der Waals surface area (Å²) >= 11 is 0. The highest BCUT2D eigenvalue weighted by Gasteiger charge is 2.04. The van der Waals surface area contributed by atoms with Gasteiger partial charge in [-0.2, -0.15) is 0 Å². The molecule has 0 unspecified atom stereocenters. The lowest BCUT2D eigenvalue weighted by Gasteiger charge is -2.07. The van der Waals surface area contributed by atoms with Crippen molar-refractivity contribution in [2.24, 2.45) is 0 Å². The molecule has 1 N–H and O–H groups in total. The molecule has 0 aromatic heterocycles. The molecule has 102 valence electrons. The van der Waals surface area contributed by atoms with Crippen LogP contribution in [0.1, 0.15) is 23.1 Å². The molecule has 0 fully saturated rings. The van der Waals surface area contributed by atoms with Gasteiger partial charge < -0.3 is 5.11 Å². The number of aliphatic carboxylic acids is 1. The van der Waals surface area contributed by atoms with Crippen molar-refractivity contribution >= 4 is 11.5 Å². The lowest BCUT2D eigenvalue weighted by Crippen LogP contribution is -1.95. The predicted octanol–water partition coefficient (Wildman–Crippen LogP) is 4.10. The van der Waals surface area contributed by atoms with E-state index < -0.39 is 5.97 Å². The molecule has 0 spiro atoms. The zero-order valence-corrected chi connectivity index (χ0v) is 11.5. The van der Waals surface area contributed by atoms with Crippen molar-refractivity contribution in [1.29, 1.82) is 0 Å². The molecule has 0 aliphatic heterocycles. The van der Waals surface area contributed by atoms with Crippen LogP contribution in [0.5, 0.6) is 0 Å². The van der Waals surface area contributed by atoms with Crippen LogP contribution < -0.4 is 0 Å². The first-order chi connectivity index (χ1) is 9.65. The summed E-state index contributed by atoms with van der Waals surface area (Å²) in [6.45, 7) is 2.06. The second-order valence-electron chi connectivity index (χ2n) is 4.86. The standard InChI is InChI=1S/C18H18O2/c1-14-7-9-15(10-8-14)11-12-17(13-18(19)20)16-5-3-2-4-6-16/h2-10,13H,11-12H2,1H3,(H,19,20)/b17-13-. The van der Waals surface area contributed by atoms with Gasteiger partial charge in [-0.1, -0.05) is 60.2 Å². The van der Waals surface area contributed by atoms with E-state index in [1.807, 2.05) is 30.3 Å². The van der Waals surface area contributed by atoms with Gasteiger partial charge in [0, 0.05) is 6.08 Å². The van der Waals surface area contributed by atoms with E-state index in [9.17, 15) is 4.79 Å². The molecule has 0 amide bonds. The number of hydrogen-bond donors (Lipinski definition) is 1. The van der Waals surface area contributed by atoms with E-state index >= 15 is 0 Å². The second kappa shape index (κ2) is 6.71. The molecule has 2 rings (SSSR count). The molecule has 2 aromatic rings. The lowest BCUT2D eigenvalue weighted by molar-refractivity contribution is -0.131. The topological polar surface area (TPSA) is 37.3 Å². The van der Waals surface area contributed by atoms with Gasteiger partial charge in [0.25, 0.3) is 0 Å². The predicted molar refractivity (Wildman–Crippen MR) is 81.6 cm³/mol. The summed E-state index contributed by atoms with van der Waals surface area (Å²) in [5.74, 6) is -0.896. The van der Waals surface area contributed by atoms with Crippen molar-refractivity contribution in [2.75, 3.05) is 0 Å². The van der Waals surface area contributed by atoms with Crippen molar-refractivity contribution in [2.45, 2.75) is 19.8 Å². The van der Waals surface area contributed by atoms with Gasteiger partial charge in [0.2, 0.25) is 0 Å². The monoisotopic (exact) mass is 266 g/mol. The van der Waals surface area contributed by atoms with E-state index in [4.69, 9.17) is 5.11 Å². The minimum Gasteiger partial charge on any atom is -0.478 e. The number of rotatable bonds is 5. The normalized spacial score (nSPS) is 11.3. The van der Waals surface area contributed by atoms with Crippen molar-refractivity contribution in [3.63, 3.8) is 0 Å². The molecule has 2 aromatic carbocycles. The Morgan fingerprint density at radius 3 is 2.30 bits per heavy atom. The molecule has 0 atom stereocenters. The van der Waals surface area contributed by atoms with Crippen LogP contribution in [-0.4, -0.2) is 11.1 Å². The maximum Gasteiger partial charge on any atom is 0.328 e. The molecule has 0 radical (unpaired) electrons. The Morgan fingerprint density at radius 2 is 1.70 bits per heavy atom. The molecule has 20 heavy (non-hydrogen) atoms. The Balaban J connectivity index is 2.13. The summed E-state index contributed by atoms with van der Waals surface area (Å²) in [5, 5.41) is 9.00. The molecule has 0 saturated carbocycles. The largest absolute Gasteiger partial charge is 0.478 e. The summed E-state index contributed by atoms with van der Waals surface area (Å²) in [7, 11) is 0. The zero-order valence-electron chi connectivity index (χ0n) is 11.5. The van der Waals surface area contributed by atoms with Crippen LogP contribution in [0.2, 0.25) is 0 Å². The maximum absolute atomic E-state index is 11.0. The Morgan fingerprint density at radius 1 is 1.05 bits per heavy atom. The highest BCUT2D eigenvalue weighted by atomic mass is 16.4. The number of carboxylic acid groups (broad SMARTS) is 1. The van der Waals surface area contributed by atoms with Gasteiger partial charge in [-0.3, -0.25) is 0 Å². The molecule has 2 heteroatoms. The van der Waals surface area contributed by atoms with Gasteiger partial charge in [0.15, 0.2) is 0 Å². The van der Waals surface area contributed by atoms with Gasteiger partial charge in [0.1, 0.15) is 0 Å². The van der Waals surface area contributed by atoms with Crippen LogP contribution in [0.15, 0.2) is 60.7 Å². The number of allylic oxidation sites excluding steroid dienone is 1. The second-order valence-corrected chi connectivity index (χ2v) is 4.86. The molecule has 0 aliphatic carbocycles. The fraction of sp³-hybridized carbons (Fsp3) is 0.167. The average molecular weight is 266 g/mol. The smallest absolute Gasteiger partial charge is 0.328 e. The highest BCUT2D eigenvalue weighted by molar-refractivity contribution is 5.90. The Kier molecular flexibility index (Phi) is 4.72. The van der Waals surface area contributed by atoms with Crippen molar-refractivity contribution in [1.82, 2.24) is 0 Å². The van der Waals surface area contributed by atoms with Crippen LogP contribution in [0.25, 0.3) is 5.57 Å². The molecule has 0 aliphatic rings. The Labute approximate surface area is 119 Å². The van der Waals surface area contributed by atoms with Gasteiger partial charge in [-0.05, 0) is 36.5 Å². The molecule has 2 nitrogen and oxygen atoms in total. The summed E-state index contributed by atoms with van der Waals surface area (Å²) in [5.41, 5.74) is 4.29. The third-order valence-electron chi connectivity index (χ3n) is 3.25. The number of carbonyl (C=O) groups is 1. The first kappa shape index (κ1) is 14.1. The summed E-state index contributed by atoms with van der Waals surface area (Å²) in [6.07, 6.45) is 2.87. The third kappa shape index (κ3) is 4.09. The van der Waals surface area contributed by atoms with Crippen LogP contribution >= 0.6 is 0 Å². The van der Waals surface area contributed by atoms with Crippen molar-refractivity contribution < 1.29 is 9.90 Å².